The first-order valence-corrected chi connectivity index (χ1v) is 20.1. The Balaban J connectivity index is 1.06. The third-order valence-corrected chi connectivity index (χ3v) is 12.8. The van der Waals surface area contributed by atoms with E-state index in [-0.39, 0.29) is 18.2 Å². The van der Waals surface area contributed by atoms with Crippen LogP contribution in [0.2, 0.25) is 0 Å². The number of nitrogens with one attached hydrogen (secondary N) is 1. The molecule has 0 radical (unpaired) electrons. The molecule has 4 unspecified atom stereocenters. The molecule has 6 aromatic carbocycles. The highest BCUT2D eigenvalue weighted by molar-refractivity contribution is 6.17. The summed E-state index contributed by atoms with van der Waals surface area (Å²) in [6.45, 7) is 0. The van der Waals surface area contributed by atoms with Gasteiger partial charge >= 0.3 is 0 Å². The van der Waals surface area contributed by atoms with Gasteiger partial charge in [-0.1, -0.05) is 140 Å². The molecule has 7 aromatic rings. The predicted molar refractivity (Wildman–Crippen MR) is 233 cm³/mol. The van der Waals surface area contributed by atoms with Gasteiger partial charge in [0.05, 0.1) is 22.8 Å². The molecule has 0 saturated carbocycles. The molecule has 0 saturated heterocycles. The van der Waals surface area contributed by atoms with Crippen LogP contribution in [0, 0.1) is 5.92 Å². The van der Waals surface area contributed by atoms with Crippen molar-refractivity contribution in [1.29, 1.82) is 0 Å². The molecule has 56 heavy (non-hydrogen) atoms. The monoisotopic (exact) mass is 720 g/mol. The lowest BCUT2D eigenvalue weighted by Crippen LogP contribution is -2.33. The molecule has 12 rings (SSSR count). The van der Waals surface area contributed by atoms with Crippen LogP contribution < -0.4 is 10.2 Å². The van der Waals surface area contributed by atoms with Crippen molar-refractivity contribution in [3.05, 3.63) is 209 Å². The summed E-state index contributed by atoms with van der Waals surface area (Å²) in [5.74, 6) is 0.651. The number of nitrogens with zero attached hydrogens (tertiary/aromatic N) is 3. The maximum atomic E-state index is 5.47. The third kappa shape index (κ3) is 4.69. The maximum absolute atomic E-state index is 5.47. The standard InChI is InChI=1S/C52H40N4/c1-3-15-33(16-4-1)42-32-48-50(40-23-10-9-21-38(40)42)49-37-20-8-7-17-34(37)27-29-47(49)55(48)36-28-30-46-43(31-36)39-22-12-14-26-45(39)56(46)52-53-44-25-13-11-24-41(44)51(54-52)35-18-5-2-6-19-35/h1-8,10-15,17-20,22-33,48,50,52-53H,9,16,21H2. The number of fused-ring (bicyclic) bond motifs is 10. The highest BCUT2D eigenvalue weighted by Gasteiger charge is 2.45. The predicted octanol–water partition coefficient (Wildman–Crippen LogP) is 12.7. The Hall–Kier alpha value is -6.65. The van der Waals surface area contributed by atoms with Crippen molar-refractivity contribution in [3.63, 3.8) is 0 Å². The first-order valence-electron chi connectivity index (χ1n) is 20.1. The number of anilines is 3. The summed E-state index contributed by atoms with van der Waals surface area (Å²) in [5.41, 5.74) is 15.2. The molecule has 1 N–H and O–H groups in total. The Kier molecular flexibility index (Phi) is 7.04. The molecule has 4 atom stereocenters. The lowest BCUT2D eigenvalue weighted by molar-refractivity contribution is 0.624. The summed E-state index contributed by atoms with van der Waals surface area (Å²) >= 11 is 0. The van der Waals surface area contributed by atoms with Crippen LogP contribution in [0.25, 0.3) is 32.6 Å². The second kappa shape index (κ2) is 12.4. The van der Waals surface area contributed by atoms with Gasteiger partial charge in [-0.05, 0) is 88.7 Å². The van der Waals surface area contributed by atoms with Crippen LogP contribution in [0.4, 0.5) is 17.1 Å². The summed E-state index contributed by atoms with van der Waals surface area (Å²) in [6, 6.07) is 49.0. The molecule has 0 spiro atoms. The van der Waals surface area contributed by atoms with E-state index in [1.807, 2.05) is 0 Å². The van der Waals surface area contributed by atoms with Crippen LogP contribution in [-0.4, -0.2) is 16.3 Å². The Morgan fingerprint density at radius 3 is 2.43 bits per heavy atom. The van der Waals surface area contributed by atoms with Crippen molar-refractivity contribution in [2.45, 2.75) is 37.5 Å². The van der Waals surface area contributed by atoms with Gasteiger partial charge in [-0.25, -0.2) is 4.99 Å². The van der Waals surface area contributed by atoms with Crippen molar-refractivity contribution in [1.82, 2.24) is 4.57 Å². The highest BCUT2D eigenvalue weighted by Crippen LogP contribution is 2.57. The first-order chi connectivity index (χ1) is 27.8. The molecule has 4 heteroatoms. The average Bonchev–Trinajstić information content (AvgIpc) is 3.79. The van der Waals surface area contributed by atoms with Crippen LogP contribution in [0.1, 0.15) is 48.2 Å². The third-order valence-electron chi connectivity index (χ3n) is 12.8. The van der Waals surface area contributed by atoms with E-state index >= 15 is 0 Å². The van der Waals surface area contributed by atoms with Crippen molar-refractivity contribution in [3.8, 4) is 0 Å². The number of aromatic nitrogens is 1. The van der Waals surface area contributed by atoms with Gasteiger partial charge in [-0.15, -0.1) is 0 Å². The second-order valence-electron chi connectivity index (χ2n) is 15.7. The van der Waals surface area contributed by atoms with Crippen LogP contribution in [-0.2, 0) is 0 Å². The van der Waals surface area contributed by atoms with Gasteiger partial charge in [-0.3, -0.25) is 0 Å². The van der Waals surface area contributed by atoms with Gasteiger partial charge < -0.3 is 14.8 Å². The molecule has 0 amide bonds. The van der Waals surface area contributed by atoms with Crippen LogP contribution in [0.5, 0.6) is 0 Å². The zero-order valence-corrected chi connectivity index (χ0v) is 31.0. The van der Waals surface area contributed by atoms with Crippen molar-refractivity contribution >= 4 is 55.4 Å². The van der Waals surface area contributed by atoms with Crippen LogP contribution in [0.15, 0.2) is 198 Å². The highest BCUT2D eigenvalue weighted by atomic mass is 15.3. The van der Waals surface area contributed by atoms with E-state index in [0.717, 1.165) is 52.8 Å². The van der Waals surface area contributed by atoms with Gasteiger partial charge in [0.25, 0.3) is 0 Å². The molecule has 0 fully saturated rings. The van der Waals surface area contributed by atoms with Gasteiger partial charge in [0.2, 0.25) is 6.29 Å². The van der Waals surface area contributed by atoms with Crippen LogP contribution >= 0.6 is 0 Å². The Morgan fingerprint density at radius 1 is 0.696 bits per heavy atom. The fourth-order valence-electron chi connectivity index (χ4n) is 10.4. The van der Waals surface area contributed by atoms with Gasteiger partial charge in [0, 0.05) is 50.8 Å². The molecular formula is C52H40N4. The molecular weight excluding hydrogens is 681 g/mol. The molecule has 1 aromatic heterocycles. The fraction of sp³-hybridized carbons (Fsp3) is 0.135. The molecule has 2 aliphatic heterocycles. The quantitative estimate of drug-likeness (QED) is 0.196. The zero-order valence-electron chi connectivity index (χ0n) is 31.0. The fourth-order valence-corrected chi connectivity index (χ4v) is 10.4. The maximum Gasteiger partial charge on any atom is 0.201 e. The van der Waals surface area contributed by atoms with Crippen molar-refractivity contribution in [2.75, 3.05) is 10.2 Å². The summed E-state index contributed by atoms with van der Waals surface area (Å²) in [5, 5.41) is 8.95. The number of hydrogen-bond acceptors (Lipinski definition) is 3. The van der Waals surface area contributed by atoms with Crippen molar-refractivity contribution in [2.24, 2.45) is 10.9 Å². The molecule has 0 bridgehead atoms. The number of benzene rings is 6. The topological polar surface area (TPSA) is 32.6 Å². The molecule has 268 valence electrons. The van der Waals surface area contributed by atoms with Gasteiger partial charge in [-0.2, -0.15) is 0 Å². The first kappa shape index (κ1) is 31.7. The SMILES string of the molecule is C1=CCC(C2=CC3C(C4=C2CCC=C4)c2c(ccc4ccccc24)N3c2ccc3c(c2)c2ccccc2n3C2N=C(c3ccccc3)c3ccccc3N2)C=C1. The van der Waals surface area contributed by atoms with E-state index < -0.39 is 0 Å². The minimum absolute atomic E-state index is 0.159. The van der Waals surface area contributed by atoms with E-state index in [0.29, 0.717) is 5.92 Å². The van der Waals surface area contributed by atoms with Crippen LogP contribution in [0.3, 0.4) is 0 Å². The number of aliphatic imine (C=N–C) groups is 1. The lowest BCUT2D eigenvalue weighted by Gasteiger charge is -2.37. The molecule has 3 aliphatic carbocycles. The number of hydrogen-bond donors (Lipinski definition) is 1. The van der Waals surface area contributed by atoms with E-state index in [9.17, 15) is 0 Å². The average molecular weight is 721 g/mol. The van der Waals surface area contributed by atoms with Gasteiger partial charge in [0.15, 0.2) is 0 Å². The summed E-state index contributed by atoms with van der Waals surface area (Å²) in [7, 11) is 0. The summed E-state index contributed by atoms with van der Waals surface area (Å²) in [6.07, 6.45) is 19.7. The summed E-state index contributed by atoms with van der Waals surface area (Å²) in [4.78, 5) is 8.13. The molecule has 5 aliphatic rings. The van der Waals surface area contributed by atoms with E-state index in [1.54, 1.807) is 5.57 Å². The minimum atomic E-state index is -0.318. The summed E-state index contributed by atoms with van der Waals surface area (Å²) < 4.78 is 2.40. The Bertz CT molecular complexity index is 2950. The van der Waals surface area contributed by atoms with Gasteiger partial charge in [0.1, 0.15) is 0 Å². The second-order valence-corrected chi connectivity index (χ2v) is 15.7. The molecule has 3 heterocycles. The van der Waals surface area contributed by atoms with E-state index in [1.165, 1.54) is 49.6 Å². The normalized spacial score (nSPS) is 22.1. The number of allylic oxidation sites excluding steroid dienone is 8. The lowest BCUT2D eigenvalue weighted by atomic mass is 9.70. The zero-order chi connectivity index (χ0) is 36.7. The Labute approximate surface area is 326 Å². The molecule has 4 nitrogen and oxygen atoms in total. The van der Waals surface area contributed by atoms with E-state index in [2.05, 4.69) is 191 Å². The smallest absolute Gasteiger partial charge is 0.201 e. The number of rotatable bonds is 4. The Morgan fingerprint density at radius 2 is 1.52 bits per heavy atom. The minimum Gasteiger partial charge on any atom is -0.346 e. The number of para-hydroxylation sites is 2. The van der Waals surface area contributed by atoms with E-state index in [4.69, 9.17) is 4.99 Å². The van der Waals surface area contributed by atoms with Crippen molar-refractivity contribution < 1.29 is 0 Å². The largest absolute Gasteiger partial charge is 0.346 e.